The van der Waals surface area contributed by atoms with Gasteiger partial charge in [-0.15, -0.1) is 0 Å². The van der Waals surface area contributed by atoms with Crippen molar-refractivity contribution in [1.82, 2.24) is 25.2 Å². The van der Waals surface area contributed by atoms with E-state index in [9.17, 15) is 36.2 Å². The first kappa shape index (κ1) is 40.9. The van der Waals surface area contributed by atoms with Gasteiger partial charge in [0.1, 0.15) is 6.10 Å². The molecule has 15 nitrogen and oxygen atoms in total. The molecule has 0 aliphatic carbocycles. The summed E-state index contributed by atoms with van der Waals surface area (Å²) in [7, 11) is 1.41. The first-order valence-corrected chi connectivity index (χ1v) is 17.2. The molecule has 2 fully saturated rings. The number of nitrogens with one attached hydrogen (secondary N) is 2. The Labute approximate surface area is 321 Å². The number of anilines is 1. The number of amides is 1. The van der Waals surface area contributed by atoms with Gasteiger partial charge in [0.15, 0.2) is 0 Å². The zero-order valence-electron chi connectivity index (χ0n) is 30.5. The average Bonchev–Trinajstić information content (AvgIpc) is 3.45. The summed E-state index contributed by atoms with van der Waals surface area (Å²) >= 11 is 0. The Morgan fingerprint density at radius 1 is 1.02 bits per heavy atom. The number of ether oxygens (including phenoxy) is 3. The largest absolute Gasteiger partial charge is 0.481 e. The highest BCUT2D eigenvalue weighted by atomic mass is 19.4. The number of carbonyl (C=O) groups is 1. The maximum absolute atomic E-state index is 13.8. The fourth-order valence-corrected chi connectivity index (χ4v) is 6.61. The molecular formula is C36H36F6N10O5. The number of guanidine groups is 1. The molecule has 21 heteroatoms. The van der Waals surface area contributed by atoms with Crippen LogP contribution in [0.1, 0.15) is 51.3 Å². The number of aromatic nitrogens is 3. The van der Waals surface area contributed by atoms with Crippen molar-refractivity contribution in [3.8, 4) is 28.1 Å². The van der Waals surface area contributed by atoms with Gasteiger partial charge >= 0.3 is 12.4 Å². The van der Waals surface area contributed by atoms with E-state index in [4.69, 9.17) is 30.4 Å². The molecule has 2 aliphatic heterocycles. The maximum atomic E-state index is 13.8. The number of aliphatic hydroxyl groups is 1. The van der Waals surface area contributed by atoms with Crippen LogP contribution in [0, 0.1) is 12.3 Å². The summed E-state index contributed by atoms with van der Waals surface area (Å²) in [4.78, 5) is 29.9. The standard InChI is InChI=1S/C36H36F6N10O5/c1-18-10-20(30(53)48-32(43)49-50-44)4-5-25(18)22-13-26(31(55-3)45-15-22)27-16-46-33(51-6-8-56-9-7-51)47-28(27)17-52-19(2)29(57-34(52)54)21-11-23(35(37,38)39)14-24(12-21)36(40,41)42/h4-5,10-16,19,29,34,54H,6-9,17H2,1-3H3,(H4,43,44,48,49,53)/t19-,29-,34?/m0/s1. The Hall–Kier alpha value is -5.77. The molecule has 4 aromatic rings. The molecule has 2 saturated heterocycles. The molecule has 302 valence electrons. The molecule has 2 aromatic carbocycles. The van der Waals surface area contributed by atoms with Crippen LogP contribution >= 0.6 is 0 Å². The molecule has 2 aromatic heterocycles. The number of methoxy groups -OCH3 is 1. The first-order valence-electron chi connectivity index (χ1n) is 17.2. The number of alkyl halides is 6. The van der Waals surface area contributed by atoms with Gasteiger partial charge in [-0.1, -0.05) is 16.4 Å². The molecule has 5 N–H and O–H groups in total. The van der Waals surface area contributed by atoms with Crippen molar-refractivity contribution >= 4 is 17.8 Å². The molecule has 2 aliphatic rings. The highest BCUT2D eigenvalue weighted by Crippen LogP contribution is 2.43. The summed E-state index contributed by atoms with van der Waals surface area (Å²) in [5.41, 5.74) is -0.181. The molecular weight excluding hydrogens is 766 g/mol. The highest BCUT2D eigenvalue weighted by Gasteiger charge is 2.43. The number of nitrogens with zero attached hydrogens (tertiary/aromatic N) is 7. The molecule has 6 rings (SSSR count). The van der Waals surface area contributed by atoms with Crippen LogP contribution in [0.3, 0.4) is 0 Å². The Morgan fingerprint density at radius 3 is 2.32 bits per heavy atom. The number of benzene rings is 2. The van der Waals surface area contributed by atoms with Crippen LogP contribution in [-0.4, -0.2) is 82.7 Å². The maximum Gasteiger partial charge on any atom is 0.416 e. The summed E-state index contributed by atoms with van der Waals surface area (Å²) in [5.74, 6) is 4.27. The van der Waals surface area contributed by atoms with E-state index in [0.29, 0.717) is 77.9 Å². The lowest BCUT2D eigenvalue weighted by molar-refractivity contribution is -0.154. The van der Waals surface area contributed by atoms with E-state index >= 15 is 0 Å². The fourth-order valence-electron chi connectivity index (χ4n) is 6.61. The molecule has 0 radical (unpaired) electrons. The minimum Gasteiger partial charge on any atom is -0.481 e. The van der Waals surface area contributed by atoms with Gasteiger partial charge in [0.2, 0.25) is 24.2 Å². The number of pyridine rings is 1. The Bertz CT molecular complexity index is 2150. The van der Waals surface area contributed by atoms with Crippen molar-refractivity contribution in [3.63, 3.8) is 0 Å². The lowest BCUT2D eigenvalue weighted by Gasteiger charge is -2.29. The number of hydrogen-bond donors (Lipinski definition) is 4. The lowest BCUT2D eigenvalue weighted by Crippen LogP contribution is -2.38. The third-order valence-electron chi connectivity index (χ3n) is 9.46. The second-order valence-electron chi connectivity index (χ2n) is 13.1. The van der Waals surface area contributed by atoms with Gasteiger partial charge in [0.25, 0.3) is 5.91 Å². The molecule has 3 atom stereocenters. The predicted octanol–water partition coefficient (Wildman–Crippen LogP) is 5.63. The number of rotatable bonds is 8. The fraction of sp³-hybridized carbons (Fsp3) is 0.361. The van der Waals surface area contributed by atoms with Gasteiger partial charge in [-0.25, -0.2) is 19.9 Å². The quantitative estimate of drug-likeness (QED) is 0.0431. The average molecular weight is 803 g/mol. The van der Waals surface area contributed by atoms with Crippen molar-refractivity contribution in [2.24, 2.45) is 16.2 Å². The number of carbonyl (C=O) groups excluding carboxylic acids is 1. The predicted molar refractivity (Wildman–Crippen MR) is 191 cm³/mol. The van der Waals surface area contributed by atoms with Gasteiger partial charge in [-0.2, -0.15) is 26.3 Å². The van der Waals surface area contributed by atoms with Gasteiger partial charge < -0.3 is 30.1 Å². The van der Waals surface area contributed by atoms with E-state index in [1.54, 1.807) is 31.3 Å². The van der Waals surface area contributed by atoms with Crippen molar-refractivity contribution in [3.05, 3.63) is 88.4 Å². The molecule has 0 spiro atoms. The molecule has 57 heavy (non-hydrogen) atoms. The Kier molecular flexibility index (Phi) is 11.7. The number of nitrogens with two attached hydrogens (primary N) is 1. The summed E-state index contributed by atoms with van der Waals surface area (Å²) in [6, 6.07) is 6.82. The normalized spacial score (nSPS) is 19.3. The zero-order chi connectivity index (χ0) is 41.2. The topological polar surface area (TPSA) is 197 Å². The van der Waals surface area contributed by atoms with Crippen molar-refractivity contribution in [2.75, 3.05) is 38.3 Å². The lowest BCUT2D eigenvalue weighted by atomic mass is 9.96. The van der Waals surface area contributed by atoms with E-state index in [2.05, 4.69) is 25.6 Å². The number of morpholine rings is 1. The van der Waals surface area contributed by atoms with E-state index < -0.39 is 59.5 Å². The van der Waals surface area contributed by atoms with Gasteiger partial charge in [-0.3, -0.25) is 15.5 Å². The first-order chi connectivity index (χ1) is 27.0. The number of halogens is 6. The van der Waals surface area contributed by atoms with Crippen LogP contribution in [0.5, 0.6) is 5.88 Å². The van der Waals surface area contributed by atoms with Crippen LogP contribution in [0.15, 0.2) is 65.2 Å². The second kappa shape index (κ2) is 16.4. The van der Waals surface area contributed by atoms with E-state index in [0.717, 1.165) is 0 Å². The SMILES string of the molecule is COc1ncc(-c2ccc(C(=O)NC(=N)N=NN)cc2C)cc1-c1cnc(N2CCOCC2)nc1CN1C(O)O[C@H](c2cc(C(F)(F)F)cc(C(F)(F)F)c2)[C@@H]1C. The molecule has 0 saturated carbocycles. The summed E-state index contributed by atoms with van der Waals surface area (Å²) < 4.78 is 99.3. The number of aryl methyl sites for hydroxylation is 1. The Morgan fingerprint density at radius 2 is 1.70 bits per heavy atom. The third kappa shape index (κ3) is 8.95. The highest BCUT2D eigenvalue weighted by molar-refractivity contribution is 6.05. The number of hydrogen-bond acceptors (Lipinski definition) is 12. The van der Waals surface area contributed by atoms with Gasteiger partial charge in [-0.05, 0) is 66.9 Å². The summed E-state index contributed by atoms with van der Waals surface area (Å²) in [6.45, 7) is 4.84. The van der Waals surface area contributed by atoms with Crippen molar-refractivity contribution in [1.29, 1.82) is 5.41 Å². The summed E-state index contributed by atoms with van der Waals surface area (Å²) in [6.07, 6.45) is -10.2. The third-order valence-corrected chi connectivity index (χ3v) is 9.46. The van der Waals surface area contributed by atoms with Crippen molar-refractivity contribution in [2.45, 2.75) is 51.3 Å². The monoisotopic (exact) mass is 802 g/mol. The Balaban J connectivity index is 1.39. The van der Waals surface area contributed by atoms with Crippen molar-refractivity contribution < 1.29 is 50.5 Å². The van der Waals surface area contributed by atoms with Crippen LogP contribution in [0.4, 0.5) is 32.3 Å². The molecule has 1 amide bonds. The summed E-state index contributed by atoms with van der Waals surface area (Å²) in [5, 5.41) is 27.3. The van der Waals surface area contributed by atoms with Gasteiger partial charge in [0.05, 0.1) is 37.1 Å². The minimum atomic E-state index is -5.08. The second-order valence-corrected chi connectivity index (χ2v) is 13.1. The minimum absolute atomic E-state index is 0.0325. The zero-order valence-corrected chi connectivity index (χ0v) is 30.5. The van der Waals surface area contributed by atoms with Crippen LogP contribution in [-0.2, 0) is 28.4 Å². The van der Waals surface area contributed by atoms with Gasteiger partial charge in [0, 0.05) is 60.3 Å². The molecule has 4 heterocycles. The number of aliphatic hydroxyl groups excluding tert-OH is 1. The van der Waals surface area contributed by atoms with Crippen LogP contribution in [0.2, 0.25) is 0 Å². The molecule has 1 unspecified atom stereocenters. The van der Waals surface area contributed by atoms with E-state index in [1.807, 2.05) is 4.90 Å². The van der Waals surface area contributed by atoms with E-state index in [1.165, 1.54) is 31.2 Å². The van der Waals surface area contributed by atoms with Crippen LogP contribution in [0.25, 0.3) is 22.3 Å². The van der Waals surface area contributed by atoms with E-state index in [-0.39, 0.29) is 24.1 Å². The smallest absolute Gasteiger partial charge is 0.416 e. The van der Waals surface area contributed by atoms with Crippen LogP contribution < -0.4 is 20.8 Å². The molecule has 0 bridgehead atoms.